The molecule has 0 radical (unpaired) electrons. The highest BCUT2D eigenvalue weighted by atomic mass is 32.2. The molecule has 0 aromatic heterocycles. The van der Waals surface area contributed by atoms with Crippen LogP contribution in [0.1, 0.15) is 18.9 Å². The second-order valence-electron chi connectivity index (χ2n) is 5.69. The van der Waals surface area contributed by atoms with Crippen molar-refractivity contribution in [1.29, 1.82) is 0 Å². The summed E-state index contributed by atoms with van der Waals surface area (Å²) in [6, 6.07) is 6.86. The zero-order chi connectivity index (χ0) is 17.0. The van der Waals surface area contributed by atoms with Crippen molar-refractivity contribution < 1.29 is 23.1 Å². The van der Waals surface area contributed by atoms with Gasteiger partial charge in [-0.15, -0.1) is 0 Å². The number of nitrogens with zero attached hydrogens (tertiary/aromatic N) is 1. The van der Waals surface area contributed by atoms with Gasteiger partial charge in [0.2, 0.25) is 15.9 Å². The number of anilines is 1. The van der Waals surface area contributed by atoms with Crippen molar-refractivity contribution in [3.05, 3.63) is 29.8 Å². The molecular weight excluding hydrogens is 320 g/mol. The number of nitrogens with one attached hydrogen (secondary N) is 1. The van der Waals surface area contributed by atoms with Gasteiger partial charge in [-0.3, -0.25) is 9.59 Å². The molecule has 126 valence electrons. The molecule has 1 aromatic rings. The van der Waals surface area contributed by atoms with Crippen molar-refractivity contribution >= 4 is 27.6 Å². The van der Waals surface area contributed by atoms with E-state index >= 15 is 0 Å². The highest BCUT2D eigenvalue weighted by molar-refractivity contribution is 7.89. The van der Waals surface area contributed by atoms with Gasteiger partial charge in [-0.2, -0.15) is 4.31 Å². The summed E-state index contributed by atoms with van der Waals surface area (Å²) in [5.41, 5.74) is 1.42. The van der Waals surface area contributed by atoms with Gasteiger partial charge in [0.15, 0.2) is 0 Å². The third-order valence-corrected chi connectivity index (χ3v) is 5.63. The van der Waals surface area contributed by atoms with Crippen LogP contribution in [0.25, 0.3) is 0 Å². The summed E-state index contributed by atoms with van der Waals surface area (Å²) in [4.78, 5) is 22.7. The molecule has 1 heterocycles. The standard InChI is InChI=1S/C15H20N2O5S/c1-11(15(19)20)9-12-3-5-13(6-4-12)16-14(18)10-17-7-2-8-23(17,21)22/h3-6,11H,2,7-10H2,1H3,(H,16,18)(H,19,20)/t11-/m0/s1. The van der Waals surface area contributed by atoms with Crippen molar-refractivity contribution in [2.75, 3.05) is 24.2 Å². The number of sulfonamides is 1. The first-order valence-corrected chi connectivity index (χ1v) is 8.98. The first-order valence-electron chi connectivity index (χ1n) is 7.37. The van der Waals surface area contributed by atoms with Gasteiger partial charge in [-0.05, 0) is 30.5 Å². The molecule has 1 aliphatic rings. The maximum Gasteiger partial charge on any atom is 0.306 e. The van der Waals surface area contributed by atoms with Crippen LogP contribution >= 0.6 is 0 Å². The molecule has 2 N–H and O–H groups in total. The van der Waals surface area contributed by atoms with Gasteiger partial charge in [0.1, 0.15) is 0 Å². The summed E-state index contributed by atoms with van der Waals surface area (Å²) in [6.07, 6.45) is 0.960. The molecule has 1 fully saturated rings. The number of hydrogen-bond acceptors (Lipinski definition) is 4. The Hall–Kier alpha value is -1.93. The Labute approximate surface area is 135 Å². The summed E-state index contributed by atoms with van der Waals surface area (Å²) in [7, 11) is -3.29. The van der Waals surface area contributed by atoms with E-state index in [1.54, 1.807) is 31.2 Å². The average molecular weight is 340 g/mol. The molecule has 0 bridgehead atoms. The second-order valence-corrected chi connectivity index (χ2v) is 7.78. The summed E-state index contributed by atoms with van der Waals surface area (Å²) >= 11 is 0. The Balaban J connectivity index is 1.90. The van der Waals surface area contributed by atoms with E-state index in [2.05, 4.69) is 5.32 Å². The number of amides is 1. The summed E-state index contributed by atoms with van der Waals surface area (Å²) in [5, 5.41) is 11.5. The van der Waals surface area contributed by atoms with Crippen LogP contribution in [0.15, 0.2) is 24.3 Å². The summed E-state index contributed by atoms with van der Waals surface area (Å²) in [5.74, 6) is -1.62. The van der Waals surface area contributed by atoms with Gasteiger partial charge >= 0.3 is 5.97 Å². The van der Waals surface area contributed by atoms with Crippen molar-refractivity contribution in [2.24, 2.45) is 5.92 Å². The van der Waals surface area contributed by atoms with Gasteiger partial charge in [0.25, 0.3) is 0 Å². The molecule has 1 aliphatic heterocycles. The first-order chi connectivity index (χ1) is 10.8. The molecule has 1 atom stereocenters. The topological polar surface area (TPSA) is 104 Å². The van der Waals surface area contributed by atoms with Crippen LogP contribution in [0.4, 0.5) is 5.69 Å². The Bertz CT molecular complexity index is 684. The fraction of sp³-hybridized carbons (Fsp3) is 0.467. The number of hydrogen-bond donors (Lipinski definition) is 2. The second kappa shape index (κ2) is 7.10. The monoisotopic (exact) mass is 340 g/mol. The van der Waals surface area contributed by atoms with Crippen LogP contribution in [0.2, 0.25) is 0 Å². The van der Waals surface area contributed by atoms with E-state index < -0.39 is 21.9 Å². The van der Waals surface area contributed by atoms with Crippen LogP contribution in [-0.2, 0) is 26.0 Å². The molecular formula is C15H20N2O5S. The molecule has 1 amide bonds. The van der Waals surface area contributed by atoms with Gasteiger partial charge < -0.3 is 10.4 Å². The minimum Gasteiger partial charge on any atom is -0.481 e. The smallest absolute Gasteiger partial charge is 0.306 e. The van der Waals surface area contributed by atoms with Crippen LogP contribution < -0.4 is 5.32 Å². The molecule has 1 saturated heterocycles. The van der Waals surface area contributed by atoms with Gasteiger partial charge in [-0.1, -0.05) is 19.1 Å². The number of carbonyl (C=O) groups is 2. The zero-order valence-corrected chi connectivity index (χ0v) is 13.7. The minimum absolute atomic E-state index is 0.0940. The van der Waals surface area contributed by atoms with Gasteiger partial charge in [0, 0.05) is 12.2 Å². The van der Waals surface area contributed by atoms with Crippen molar-refractivity contribution in [3.8, 4) is 0 Å². The molecule has 7 nitrogen and oxygen atoms in total. The molecule has 1 aromatic carbocycles. The van der Waals surface area contributed by atoms with Crippen molar-refractivity contribution in [2.45, 2.75) is 19.8 Å². The molecule has 0 saturated carbocycles. The number of rotatable bonds is 6. The lowest BCUT2D eigenvalue weighted by atomic mass is 10.0. The Morgan fingerprint density at radius 3 is 2.48 bits per heavy atom. The minimum atomic E-state index is -3.29. The molecule has 0 aliphatic carbocycles. The number of carbonyl (C=O) groups excluding carboxylic acids is 1. The first kappa shape index (κ1) is 17.4. The predicted octanol–water partition coefficient (Wildman–Crippen LogP) is 0.924. The van der Waals surface area contributed by atoms with Crippen LogP contribution in [-0.4, -0.2) is 48.5 Å². The number of carboxylic acid groups (broad SMARTS) is 1. The lowest BCUT2D eigenvalue weighted by Gasteiger charge is -2.14. The number of carboxylic acids is 1. The van der Waals surface area contributed by atoms with E-state index in [9.17, 15) is 18.0 Å². The fourth-order valence-corrected chi connectivity index (χ4v) is 3.87. The van der Waals surface area contributed by atoms with Crippen molar-refractivity contribution in [1.82, 2.24) is 4.31 Å². The van der Waals surface area contributed by atoms with Crippen LogP contribution in [0, 0.1) is 5.92 Å². The molecule has 0 spiro atoms. The van der Waals surface area contributed by atoms with Crippen molar-refractivity contribution in [3.63, 3.8) is 0 Å². The maximum absolute atomic E-state index is 11.9. The summed E-state index contributed by atoms with van der Waals surface area (Å²) < 4.78 is 24.5. The van der Waals surface area contributed by atoms with Crippen LogP contribution in [0.3, 0.4) is 0 Å². The SMILES string of the molecule is C[C@@H](Cc1ccc(NC(=O)CN2CCCS2(=O)=O)cc1)C(=O)O. The zero-order valence-electron chi connectivity index (χ0n) is 12.9. The molecule has 23 heavy (non-hydrogen) atoms. The highest BCUT2D eigenvalue weighted by Gasteiger charge is 2.29. The Morgan fingerprint density at radius 2 is 1.96 bits per heavy atom. The van der Waals surface area contributed by atoms with E-state index in [1.807, 2.05) is 0 Å². The van der Waals surface area contributed by atoms with Gasteiger partial charge in [-0.25, -0.2) is 8.42 Å². The third-order valence-electron chi connectivity index (χ3n) is 3.72. The molecule has 2 rings (SSSR count). The predicted molar refractivity (Wildman–Crippen MR) is 85.6 cm³/mol. The number of aliphatic carboxylic acids is 1. The third kappa shape index (κ3) is 4.77. The van der Waals surface area contributed by atoms with E-state index in [0.29, 0.717) is 25.1 Å². The van der Waals surface area contributed by atoms with Gasteiger partial charge in [0.05, 0.1) is 18.2 Å². The quantitative estimate of drug-likeness (QED) is 0.801. The van der Waals surface area contributed by atoms with E-state index in [4.69, 9.17) is 5.11 Å². The lowest BCUT2D eigenvalue weighted by Crippen LogP contribution is -2.34. The average Bonchev–Trinajstić information content (AvgIpc) is 2.79. The van der Waals surface area contributed by atoms with E-state index in [0.717, 1.165) is 5.56 Å². The normalized spacial score (nSPS) is 18.5. The largest absolute Gasteiger partial charge is 0.481 e. The molecule has 0 unspecified atom stereocenters. The van der Waals surface area contributed by atoms with E-state index in [-0.39, 0.29) is 18.2 Å². The highest BCUT2D eigenvalue weighted by Crippen LogP contribution is 2.15. The summed E-state index contributed by atoms with van der Waals surface area (Å²) in [6.45, 7) is 1.83. The lowest BCUT2D eigenvalue weighted by molar-refractivity contribution is -0.141. The van der Waals surface area contributed by atoms with Crippen LogP contribution in [0.5, 0.6) is 0 Å². The number of benzene rings is 1. The maximum atomic E-state index is 11.9. The fourth-order valence-electron chi connectivity index (χ4n) is 2.39. The molecule has 8 heteroatoms. The Morgan fingerprint density at radius 1 is 1.30 bits per heavy atom. The van der Waals surface area contributed by atoms with E-state index in [1.165, 1.54) is 4.31 Å². The Kier molecular flexibility index (Phi) is 5.38.